The molecule has 1 fully saturated rings. The Balaban J connectivity index is 1.89. The minimum atomic E-state index is -0.531. The van der Waals surface area contributed by atoms with Gasteiger partial charge in [-0.15, -0.1) is 0 Å². The van der Waals surface area contributed by atoms with E-state index in [1.165, 1.54) is 12.8 Å². The molecule has 6 nitrogen and oxygen atoms in total. The van der Waals surface area contributed by atoms with Crippen LogP contribution in [0.3, 0.4) is 0 Å². The highest BCUT2D eigenvalue weighted by Crippen LogP contribution is 2.29. The Morgan fingerprint density at radius 1 is 1.38 bits per heavy atom. The molecule has 1 aliphatic carbocycles. The number of benzene rings is 1. The zero-order chi connectivity index (χ0) is 17.7. The Hall–Kier alpha value is -1.95. The van der Waals surface area contributed by atoms with E-state index in [2.05, 4.69) is 5.32 Å². The van der Waals surface area contributed by atoms with Crippen molar-refractivity contribution in [3.8, 4) is 0 Å². The summed E-state index contributed by atoms with van der Waals surface area (Å²) in [6.45, 7) is 7.75. The zero-order valence-corrected chi connectivity index (χ0v) is 15.1. The third-order valence-electron chi connectivity index (χ3n) is 3.71. The monoisotopic (exact) mass is 335 g/mol. The van der Waals surface area contributed by atoms with Gasteiger partial charge in [0.05, 0.1) is 18.0 Å². The van der Waals surface area contributed by atoms with Crippen LogP contribution in [0.25, 0.3) is 0 Å². The van der Waals surface area contributed by atoms with Gasteiger partial charge >= 0.3 is 6.09 Å². The Bertz CT molecular complexity index is 565. The highest BCUT2D eigenvalue weighted by molar-refractivity contribution is 5.87. The van der Waals surface area contributed by atoms with E-state index in [1.54, 1.807) is 12.1 Å². The van der Waals surface area contributed by atoms with Gasteiger partial charge in [0, 0.05) is 25.9 Å². The molecule has 1 saturated carbocycles. The fourth-order valence-corrected chi connectivity index (χ4v) is 2.23. The largest absolute Gasteiger partial charge is 0.444 e. The van der Waals surface area contributed by atoms with Gasteiger partial charge in [-0.3, -0.25) is 5.32 Å². The summed E-state index contributed by atoms with van der Waals surface area (Å²) in [5.74, 6) is 0.765. The first-order valence-electron chi connectivity index (χ1n) is 8.43. The van der Waals surface area contributed by atoms with Gasteiger partial charge in [-0.1, -0.05) is 0 Å². The number of nitrogens with one attached hydrogen (secondary N) is 1. The smallest absolute Gasteiger partial charge is 0.412 e. The van der Waals surface area contributed by atoms with Crippen LogP contribution in [0.2, 0.25) is 0 Å². The lowest BCUT2D eigenvalue weighted by atomic mass is 10.2. The number of nitrogen functional groups attached to an aromatic ring is 1. The van der Waals surface area contributed by atoms with Gasteiger partial charge in [0.25, 0.3) is 0 Å². The minimum absolute atomic E-state index is 0.478. The summed E-state index contributed by atoms with van der Waals surface area (Å²) in [6, 6.07) is 5.39. The predicted molar refractivity (Wildman–Crippen MR) is 97.5 cm³/mol. The average Bonchev–Trinajstić information content (AvgIpc) is 3.27. The third-order valence-corrected chi connectivity index (χ3v) is 3.71. The summed E-state index contributed by atoms with van der Waals surface area (Å²) in [6.07, 6.45) is 2.11. The van der Waals surface area contributed by atoms with Crippen LogP contribution in [0, 0.1) is 5.92 Å². The number of ether oxygens (including phenoxy) is 2. The molecule has 2 rings (SSSR count). The van der Waals surface area contributed by atoms with E-state index in [-0.39, 0.29) is 0 Å². The Labute approximate surface area is 144 Å². The van der Waals surface area contributed by atoms with Crippen LogP contribution in [-0.2, 0) is 9.47 Å². The van der Waals surface area contributed by atoms with E-state index >= 15 is 0 Å². The molecule has 0 heterocycles. The maximum atomic E-state index is 11.9. The van der Waals surface area contributed by atoms with Gasteiger partial charge < -0.3 is 20.1 Å². The molecule has 0 bridgehead atoms. The summed E-state index contributed by atoms with van der Waals surface area (Å²) < 4.78 is 10.9. The van der Waals surface area contributed by atoms with Crippen LogP contribution in [0.4, 0.5) is 21.9 Å². The molecule has 1 aliphatic rings. The van der Waals surface area contributed by atoms with Crippen molar-refractivity contribution in [1.82, 2.24) is 0 Å². The summed E-state index contributed by atoms with van der Waals surface area (Å²) in [7, 11) is 1.96. The molecule has 1 aromatic carbocycles. The number of carbonyl (C=O) groups is 1. The number of anilines is 3. The summed E-state index contributed by atoms with van der Waals surface area (Å²) in [4.78, 5) is 13.9. The molecule has 3 N–H and O–H groups in total. The normalized spacial score (nSPS) is 14.3. The molecule has 0 atom stereocenters. The predicted octanol–water partition coefficient (Wildman–Crippen LogP) is 3.48. The number of hydrogen-bond acceptors (Lipinski definition) is 5. The number of likely N-dealkylation sites (N-methyl/N-ethyl adjacent to an activating group) is 1. The van der Waals surface area contributed by atoms with Crippen LogP contribution < -0.4 is 16.0 Å². The zero-order valence-electron chi connectivity index (χ0n) is 15.1. The second kappa shape index (κ2) is 7.75. The number of nitrogens with zero attached hydrogens (tertiary/aromatic N) is 1. The topological polar surface area (TPSA) is 76.8 Å². The lowest BCUT2D eigenvalue weighted by molar-refractivity contribution is 0.0636. The van der Waals surface area contributed by atoms with E-state index in [4.69, 9.17) is 15.2 Å². The van der Waals surface area contributed by atoms with Crippen molar-refractivity contribution >= 4 is 23.2 Å². The lowest BCUT2D eigenvalue weighted by Gasteiger charge is -2.23. The molecule has 6 heteroatoms. The third kappa shape index (κ3) is 6.28. The van der Waals surface area contributed by atoms with Gasteiger partial charge in [0.15, 0.2) is 0 Å². The van der Waals surface area contributed by atoms with Crippen molar-refractivity contribution in [1.29, 1.82) is 0 Å². The van der Waals surface area contributed by atoms with Crippen molar-refractivity contribution in [3.63, 3.8) is 0 Å². The lowest BCUT2D eigenvalue weighted by Crippen LogP contribution is -2.27. The Kier molecular flexibility index (Phi) is 5.94. The summed E-state index contributed by atoms with van der Waals surface area (Å²) >= 11 is 0. The SMILES string of the molecule is CN(CCOCC1CC1)c1cc(NC(=O)OC(C)(C)C)ccc1N. The second-order valence-electron chi connectivity index (χ2n) is 7.34. The molecule has 0 unspecified atom stereocenters. The van der Waals surface area contributed by atoms with Crippen molar-refractivity contribution in [3.05, 3.63) is 18.2 Å². The fourth-order valence-electron chi connectivity index (χ4n) is 2.23. The Morgan fingerprint density at radius 3 is 2.71 bits per heavy atom. The van der Waals surface area contributed by atoms with Gasteiger partial charge in [0.1, 0.15) is 5.60 Å². The first-order chi connectivity index (χ1) is 11.2. The molecule has 0 radical (unpaired) electrons. The molecule has 0 aliphatic heterocycles. The van der Waals surface area contributed by atoms with E-state index in [9.17, 15) is 4.79 Å². The van der Waals surface area contributed by atoms with Gasteiger partial charge in [0.2, 0.25) is 0 Å². The van der Waals surface area contributed by atoms with Gasteiger partial charge in [-0.25, -0.2) is 4.79 Å². The molecule has 24 heavy (non-hydrogen) atoms. The van der Waals surface area contributed by atoms with E-state index in [0.29, 0.717) is 18.0 Å². The number of hydrogen-bond donors (Lipinski definition) is 2. The number of rotatable bonds is 7. The number of carbonyl (C=O) groups excluding carboxylic acids is 1. The standard InChI is InChI=1S/C18H29N3O3/c1-18(2,3)24-17(22)20-14-7-8-15(19)16(11-14)21(4)9-10-23-12-13-5-6-13/h7-8,11,13H,5-6,9-10,12,19H2,1-4H3,(H,20,22). The Morgan fingerprint density at radius 2 is 2.08 bits per heavy atom. The average molecular weight is 335 g/mol. The molecular formula is C18H29N3O3. The summed E-state index contributed by atoms with van der Waals surface area (Å²) in [5.41, 5.74) is 7.70. The first-order valence-corrected chi connectivity index (χ1v) is 8.43. The van der Waals surface area contributed by atoms with Crippen molar-refractivity contribution in [2.75, 3.05) is 42.8 Å². The van der Waals surface area contributed by atoms with Crippen LogP contribution in [0.15, 0.2) is 18.2 Å². The van der Waals surface area contributed by atoms with Crippen molar-refractivity contribution < 1.29 is 14.3 Å². The maximum Gasteiger partial charge on any atom is 0.412 e. The van der Waals surface area contributed by atoms with E-state index in [1.807, 2.05) is 38.8 Å². The molecule has 1 amide bonds. The molecule has 0 aromatic heterocycles. The number of amides is 1. The first kappa shape index (κ1) is 18.4. The van der Waals surface area contributed by atoms with Gasteiger partial charge in [-0.05, 0) is 57.7 Å². The van der Waals surface area contributed by atoms with E-state index < -0.39 is 11.7 Å². The van der Waals surface area contributed by atoms with Crippen LogP contribution in [0.5, 0.6) is 0 Å². The molecule has 0 spiro atoms. The quantitative estimate of drug-likeness (QED) is 0.589. The molecule has 0 saturated heterocycles. The molecule has 1 aromatic rings. The van der Waals surface area contributed by atoms with Crippen LogP contribution in [0.1, 0.15) is 33.6 Å². The fraction of sp³-hybridized carbons (Fsp3) is 0.611. The summed E-state index contributed by atoms with van der Waals surface area (Å²) in [5, 5.41) is 2.74. The molecular weight excluding hydrogens is 306 g/mol. The van der Waals surface area contributed by atoms with E-state index in [0.717, 1.165) is 24.8 Å². The minimum Gasteiger partial charge on any atom is -0.444 e. The maximum absolute atomic E-state index is 11.9. The highest BCUT2D eigenvalue weighted by Gasteiger charge is 2.21. The van der Waals surface area contributed by atoms with Crippen molar-refractivity contribution in [2.45, 2.75) is 39.2 Å². The molecule has 134 valence electrons. The van der Waals surface area contributed by atoms with Crippen LogP contribution >= 0.6 is 0 Å². The van der Waals surface area contributed by atoms with Crippen molar-refractivity contribution in [2.24, 2.45) is 5.92 Å². The van der Waals surface area contributed by atoms with Crippen LogP contribution in [-0.4, -0.2) is 38.5 Å². The second-order valence-corrected chi connectivity index (χ2v) is 7.34. The van der Waals surface area contributed by atoms with Gasteiger partial charge in [-0.2, -0.15) is 0 Å². The number of nitrogens with two attached hydrogens (primary N) is 1. The highest BCUT2D eigenvalue weighted by atomic mass is 16.6.